The first-order valence-corrected chi connectivity index (χ1v) is 9.50. The van der Waals surface area contributed by atoms with Gasteiger partial charge in [-0.25, -0.2) is 0 Å². The van der Waals surface area contributed by atoms with Crippen LogP contribution < -0.4 is 5.32 Å². The summed E-state index contributed by atoms with van der Waals surface area (Å²) in [6.07, 6.45) is 0.687. The van der Waals surface area contributed by atoms with Crippen LogP contribution in [0.5, 0.6) is 0 Å². The van der Waals surface area contributed by atoms with Crippen LogP contribution in [0.1, 0.15) is 40.2 Å². The number of amides is 1. The third-order valence-corrected chi connectivity index (χ3v) is 5.10. The van der Waals surface area contributed by atoms with Crippen LogP contribution in [0.2, 0.25) is 0 Å². The van der Waals surface area contributed by atoms with Gasteiger partial charge < -0.3 is 5.32 Å². The van der Waals surface area contributed by atoms with Crippen LogP contribution in [0.15, 0.2) is 36.4 Å². The summed E-state index contributed by atoms with van der Waals surface area (Å²) in [6.45, 7) is 1.94. The van der Waals surface area contributed by atoms with E-state index in [1.54, 1.807) is 6.07 Å². The molecule has 0 unspecified atom stereocenters. The molecular weight excluding hydrogens is 437 g/mol. The number of anilines is 1. The number of carbonyl (C=O) groups is 3. The minimum Gasteiger partial charge on any atom is -0.326 e. The number of halogens is 1. The van der Waals surface area contributed by atoms with E-state index in [0.717, 1.165) is 14.1 Å². The SMILES string of the molecule is Cc1ccc(C(=O)CCC(=O)CCC(=O)Nc2cccc(I)c2)s1. The van der Waals surface area contributed by atoms with Crippen molar-refractivity contribution in [1.82, 2.24) is 0 Å². The molecule has 1 heterocycles. The Morgan fingerprint density at radius 1 is 1.04 bits per heavy atom. The van der Waals surface area contributed by atoms with Gasteiger partial charge in [-0.15, -0.1) is 11.3 Å². The van der Waals surface area contributed by atoms with Crippen molar-refractivity contribution in [3.05, 3.63) is 49.7 Å². The van der Waals surface area contributed by atoms with E-state index in [-0.39, 0.29) is 43.2 Å². The summed E-state index contributed by atoms with van der Waals surface area (Å²) < 4.78 is 1.03. The van der Waals surface area contributed by atoms with Crippen molar-refractivity contribution < 1.29 is 14.4 Å². The van der Waals surface area contributed by atoms with E-state index in [1.165, 1.54) is 11.3 Å². The van der Waals surface area contributed by atoms with Gasteiger partial charge in [0, 0.05) is 39.8 Å². The minimum atomic E-state index is -0.189. The van der Waals surface area contributed by atoms with Crippen LogP contribution in [0.4, 0.5) is 5.69 Å². The van der Waals surface area contributed by atoms with Gasteiger partial charge in [0.05, 0.1) is 4.88 Å². The highest BCUT2D eigenvalue weighted by molar-refractivity contribution is 14.1. The zero-order chi connectivity index (χ0) is 17.5. The van der Waals surface area contributed by atoms with Crippen LogP contribution in [-0.2, 0) is 9.59 Å². The van der Waals surface area contributed by atoms with Crippen molar-refractivity contribution in [3.63, 3.8) is 0 Å². The number of Topliss-reactive ketones (excluding diaryl/α,β-unsaturated/α-hetero) is 2. The first-order chi connectivity index (χ1) is 11.4. The minimum absolute atomic E-state index is 0.00948. The fraction of sp³-hybridized carbons (Fsp3) is 0.278. The number of thiophene rings is 1. The molecule has 0 saturated heterocycles. The number of carbonyl (C=O) groups excluding carboxylic acids is 3. The number of hydrogen-bond acceptors (Lipinski definition) is 4. The average Bonchev–Trinajstić information content (AvgIpc) is 2.97. The highest BCUT2D eigenvalue weighted by atomic mass is 127. The lowest BCUT2D eigenvalue weighted by molar-refractivity contribution is -0.122. The molecule has 0 aliphatic heterocycles. The molecule has 1 amide bonds. The van der Waals surface area contributed by atoms with Crippen molar-refractivity contribution >= 4 is 57.1 Å². The second kappa shape index (κ2) is 9.08. The highest BCUT2D eigenvalue weighted by Gasteiger charge is 2.12. The molecule has 6 heteroatoms. The molecule has 1 aromatic heterocycles. The Morgan fingerprint density at radius 3 is 2.46 bits per heavy atom. The number of benzene rings is 1. The van der Waals surface area contributed by atoms with Gasteiger partial charge in [-0.1, -0.05) is 6.07 Å². The highest BCUT2D eigenvalue weighted by Crippen LogP contribution is 2.18. The Bertz CT molecular complexity index is 754. The molecule has 0 spiro atoms. The molecule has 24 heavy (non-hydrogen) atoms. The maximum atomic E-state index is 12.0. The van der Waals surface area contributed by atoms with Crippen molar-refractivity contribution in [3.8, 4) is 0 Å². The Balaban J connectivity index is 1.71. The Labute approximate surface area is 158 Å². The number of ketones is 2. The lowest BCUT2D eigenvalue weighted by Crippen LogP contribution is -2.14. The van der Waals surface area contributed by atoms with E-state index in [0.29, 0.717) is 4.88 Å². The van der Waals surface area contributed by atoms with E-state index in [2.05, 4.69) is 27.9 Å². The molecule has 2 rings (SSSR count). The van der Waals surface area contributed by atoms with Gasteiger partial charge in [0.1, 0.15) is 5.78 Å². The van der Waals surface area contributed by atoms with Gasteiger partial charge in [-0.2, -0.15) is 0 Å². The Morgan fingerprint density at radius 2 is 1.79 bits per heavy atom. The number of rotatable bonds is 8. The summed E-state index contributed by atoms with van der Waals surface area (Å²) in [4.78, 5) is 37.4. The summed E-state index contributed by atoms with van der Waals surface area (Å²) in [6, 6.07) is 11.2. The smallest absolute Gasteiger partial charge is 0.224 e. The van der Waals surface area contributed by atoms with Crippen molar-refractivity contribution in [2.24, 2.45) is 0 Å². The molecule has 4 nitrogen and oxygen atoms in total. The van der Waals surface area contributed by atoms with E-state index >= 15 is 0 Å². The number of nitrogens with one attached hydrogen (secondary N) is 1. The molecule has 126 valence electrons. The monoisotopic (exact) mass is 455 g/mol. The topological polar surface area (TPSA) is 63.2 Å². The van der Waals surface area contributed by atoms with E-state index in [1.807, 2.05) is 37.3 Å². The number of aryl methyl sites for hydroxylation is 1. The van der Waals surface area contributed by atoms with Crippen LogP contribution in [0.25, 0.3) is 0 Å². The van der Waals surface area contributed by atoms with Gasteiger partial charge in [0.15, 0.2) is 5.78 Å². The normalized spacial score (nSPS) is 10.4. The predicted octanol–water partition coefficient (Wildman–Crippen LogP) is 4.61. The molecule has 0 bridgehead atoms. The third kappa shape index (κ3) is 6.16. The molecule has 0 aliphatic rings. The van der Waals surface area contributed by atoms with Gasteiger partial charge in [0.2, 0.25) is 5.91 Å². The lowest BCUT2D eigenvalue weighted by atomic mass is 10.1. The van der Waals surface area contributed by atoms with Crippen LogP contribution >= 0.6 is 33.9 Å². The van der Waals surface area contributed by atoms with Gasteiger partial charge in [-0.3, -0.25) is 14.4 Å². The molecule has 0 radical (unpaired) electrons. The predicted molar refractivity (Wildman–Crippen MR) is 105 cm³/mol. The third-order valence-electron chi connectivity index (χ3n) is 3.39. The average molecular weight is 455 g/mol. The quantitative estimate of drug-likeness (QED) is 0.467. The first-order valence-electron chi connectivity index (χ1n) is 7.61. The fourth-order valence-electron chi connectivity index (χ4n) is 2.13. The van der Waals surface area contributed by atoms with Crippen LogP contribution in [0, 0.1) is 10.5 Å². The lowest BCUT2D eigenvalue weighted by Gasteiger charge is -2.05. The van der Waals surface area contributed by atoms with E-state index < -0.39 is 0 Å². The second-order valence-electron chi connectivity index (χ2n) is 5.43. The van der Waals surface area contributed by atoms with Gasteiger partial charge >= 0.3 is 0 Å². The van der Waals surface area contributed by atoms with E-state index in [4.69, 9.17) is 0 Å². The molecule has 0 saturated carbocycles. The fourth-order valence-corrected chi connectivity index (χ4v) is 3.51. The molecule has 2 aromatic rings. The molecule has 1 N–H and O–H groups in total. The Kier molecular flexibility index (Phi) is 7.11. The first kappa shape index (κ1) is 18.8. The summed E-state index contributed by atoms with van der Waals surface area (Å²) in [5, 5.41) is 2.77. The van der Waals surface area contributed by atoms with Crippen molar-refractivity contribution in [1.29, 1.82) is 0 Å². The second-order valence-corrected chi connectivity index (χ2v) is 7.96. The number of hydrogen-bond donors (Lipinski definition) is 1. The maximum absolute atomic E-state index is 12.0. The molecule has 0 aliphatic carbocycles. The molecule has 0 fully saturated rings. The van der Waals surface area contributed by atoms with Crippen LogP contribution in [-0.4, -0.2) is 17.5 Å². The van der Waals surface area contributed by atoms with Crippen LogP contribution in [0.3, 0.4) is 0 Å². The zero-order valence-electron chi connectivity index (χ0n) is 13.3. The summed E-state index contributed by atoms with van der Waals surface area (Å²) in [7, 11) is 0. The zero-order valence-corrected chi connectivity index (χ0v) is 16.3. The largest absolute Gasteiger partial charge is 0.326 e. The van der Waals surface area contributed by atoms with Gasteiger partial charge in [0.25, 0.3) is 0 Å². The van der Waals surface area contributed by atoms with Crippen molar-refractivity contribution in [2.75, 3.05) is 5.32 Å². The molecule has 1 aromatic carbocycles. The standard InChI is InChI=1S/C18H18INO3S/c1-12-5-9-17(24-12)16(22)8-6-15(21)7-10-18(23)20-14-4-2-3-13(19)11-14/h2-5,9,11H,6-8,10H2,1H3,(H,20,23). The Hall–Kier alpha value is -1.54. The molecular formula is C18H18INO3S. The van der Waals surface area contributed by atoms with E-state index in [9.17, 15) is 14.4 Å². The summed E-state index contributed by atoms with van der Waals surface area (Å²) in [5.74, 6) is -0.259. The summed E-state index contributed by atoms with van der Waals surface area (Å²) in [5.41, 5.74) is 0.725. The summed E-state index contributed by atoms with van der Waals surface area (Å²) >= 11 is 3.61. The van der Waals surface area contributed by atoms with Gasteiger partial charge in [-0.05, 0) is 59.8 Å². The maximum Gasteiger partial charge on any atom is 0.224 e. The van der Waals surface area contributed by atoms with Crippen molar-refractivity contribution in [2.45, 2.75) is 32.6 Å². The molecule has 0 atom stereocenters.